The number of para-hydroxylation sites is 1. The van der Waals surface area contributed by atoms with Gasteiger partial charge in [-0.15, -0.1) is 0 Å². The fraction of sp³-hybridized carbons (Fsp3) is 0.278. The van der Waals surface area contributed by atoms with Crippen molar-refractivity contribution in [2.24, 2.45) is 0 Å². The number of methoxy groups -OCH3 is 2. The Morgan fingerprint density at radius 2 is 1.78 bits per heavy atom. The van der Waals surface area contributed by atoms with E-state index < -0.39 is 0 Å². The van der Waals surface area contributed by atoms with E-state index in [4.69, 9.17) is 14.2 Å². The third kappa shape index (κ3) is 5.21. The molecule has 2 aromatic rings. The highest BCUT2D eigenvalue weighted by Gasteiger charge is 2.09. The molecule has 0 aliphatic carbocycles. The molecular formula is C18H21NO4. The summed E-state index contributed by atoms with van der Waals surface area (Å²) in [7, 11) is 3.14. The number of ether oxygens (including phenoxy) is 3. The van der Waals surface area contributed by atoms with Crippen LogP contribution >= 0.6 is 0 Å². The van der Waals surface area contributed by atoms with Gasteiger partial charge in [0.15, 0.2) is 0 Å². The van der Waals surface area contributed by atoms with Gasteiger partial charge in [-0.1, -0.05) is 18.2 Å². The van der Waals surface area contributed by atoms with E-state index in [1.807, 2.05) is 30.3 Å². The fourth-order valence-corrected chi connectivity index (χ4v) is 2.05. The monoisotopic (exact) mass is 315 g/mol. The molecule has 2 aromatic carbocycles. The van der Waals surface area contributed by atoms with Gasteiger partial charge < -0.3 is 19.5 Å². The molecule has 1 amide bonds. The molecule has 0 atom stereocenters. The number of hydrogen-bond acceptors (Lipinski definition) is 4. The van der Waals surface area contributed by atoms with Gasteiger partial charge in [-0.05, 0) is 30.7 Å². The Morgan fingerprint density at radius 1 is 1.00 bits per heavy atom. The summed E-state index contributed by atoms with van der Waals surface area (Å²) in [5.74, 6) is 1.98. The lowest BCUT2D eigenvalue weighted by molar-refractivity contribution is -0.116. The van der Waals surface area contributed by atoms with Crippen LogP contribution in [0.5, 0.6) is 17.2 Å². The number of rotatable bonds is 8. The summed E-state index contributed by atoms with van der Waals surface area (Å²) in [6, 6.07) is 14.8. The number of benzene rings is 2. The Kier molecular flexibility index (Phi) is 6.29. The maximum absolute atomic E-state index is 12.0. The number of carbonyl (C=O) groups is 1. The molecule has 0 spiro atoms. The van der Waals surface area contributed by atoms with Crippen molar-refractivity contribution in [2.75, 3.05) is 26.1 Å². The van der Waals surface area contributed by atoms with E-state index in [1.165, 1.54) is 0 Å². The number of amides is 1. The van der Waals surface area contributed by atoms with Crippen molar-refractivity contribution in [1.82, 2.24) is 0 Å². The van der Waals surface area contributed by atoms with Crippen LogP contribution in [0.2, 0.25) is 0 Å². The molecule has 0 bridgehead atoms. The summed E-state index contributed by atoms with van der Waals surface area (Å²) in [5.41, 5.74) is 0.627. The molecule has 0 aromatic heterocycles. The molecule has 0 radical (unpaired) electrons. The average Bonchev–Trinajstić information content (AvgIpc) is 2.60. The van der Waals surface area contributed by atoms with Crippen LogP contribution in [-0.4, -0.2) is 26.7 Å². The van der Waals surface area contributed by atoms with Gasteiger partial charge in [0.2, 0.25) is 5.91 Å². The molecule has 2 rings (SSSR count). The standard InChI is InChI=1S/C18H21NO4/c1-21-15-10-11-16(17(13-15)22-2)19-18(20)9-6-12-23-14-7-4-3-5-8-14/h3-5,7-8,10-11,13H,6,9,12H2,1-2H3,(H,19,20). The molecular weight excluding hydrogens is 294 g/mol. The van der Waals surface area contributed by atoms with Gasteiger partial charge >= 0.3 is 0 Å². The van der Waals surface area contributed by atoms with E-state index in [1.54, 1.807) is 32.4 Å². The van der Waals surface area contributed by atoms with E-state index >= 15 is 0 Å². The van der Waals surface area contributed by atoms with Crippen LogP contribution in [-0.2, 0) is 4.79 Å². The predicted molar refractivity (Wildman–Crippen MR) is 89.3 cm³/mol. The minimum Gasteiger partial charge on any atom is -0.497 e. The Hall–Kier alpha value is -2.69. The summed E-state index contributed by atoms with van der Waals surface area (Å²) in [5, 5.41) is 2.84. The van der Waals surface area contributed by atoms with Crippen molar-refractivity contribution in [1.29, 1.82) is 0 Å². The smallest absolute Gasteiger partial charge is 0.224 e. The SMILES string of the molecule is COc1ccc(NC(=O)CCCOc2ccccc2)c(OC)c1. The van der Waals surface area contributed by atoms with Crippen molar-refractivity contribution in [3.63, 3.8) is 0 Å². The van der Waals surface area contributed by atoms with Gasteiger partial charge in [0.1, 0.15) is 17.2 Å². The molecule has 1 N–H and O–H groups in total. The fourth-order valence-electron chi connectivity index (χ4n) is 2.05. The average molecular weight is 315 g/mol. The largest absolute Gasteiger partial charge is 0.497 e. The zero-order valence-corrected chi connectivity index (χ0v) is 13.4. The highest BCUT2D eigenvalue weighted by atomic mass is 16.5. The molecule has 0 saturated carbocycles. The van der Waals surface area contributed by atoms with E-state index in [9.17, 15) is 4.79 Å². The number of hydrogen-bond donors (Lipinski definition) is 1. The second-order valence-electron chi connectivity index (χ2n) is 4.88. The van der Waals surface area contributed by atoms with Crippen molar-refractivity contribution < 1.29 is 19.0 Å². The Bertz CT molecular complexity index is 628. The molecule has 5 nitrogen and oxygen atoms in total. The number of anilines is 1. The van der Waals surface area contributed by atoms with Gasteiger partial charge in [0.05, 0.1) is 26.5 Å². The lowest BCUT2D eigenvalue weighted by Gasteiger charge is -2.11. The first-order valence-electron chi connectivity index (χ1n) is 7.42. The topological polar surface area (TPSA) is 56.8 Å². The Balaban J connectivity index is 1.78. The van der Waals surface area contributed by atoms with Crippen LogP contribution in [0.3, 0.4) is 0 Å². The molecule has 0 aliphatic heterocycles. The lowest BCUT2D eigenvalue weighted by Crippen LogP contribution is -2.13. The second-order valence-corrected chi connectivity index (χ2v) is 4.88. The maximum atomic E-state index is 12.0. The van der Waals surface area contributed by atoms with Crippen molar-refractivity contribution in [3.8, 4) is 17.2 Å². The molecule has 0 saturated heterocycles. The Labute approximate surface area is 136 Å². The second kappa shape index (κ2) is 8.68. The van der Waals surface area contributed by atoms with E-state index in [0.717, 1.165) is 5.75 Å². The first-order valence-corrected chi connectivity index (χ1v) is 7.42. The summed E-state index contributed by atoms with van der Waals surface area (Å²) in [4.78, 5) is 12.0. The first kappa shape index (κ1) is 16.7. The predicted octanol–water partition coefficient (Wildman–Crippen LogP) is 3.50. The zero-order valence-electron chi connectivity index (χ0n) is 13.4. The van der Waals surface area contributed by atoms with Crippen LogP contribution in [0.1, 0.15) is 12.8 Å². The van der Waals surface area contributed by atoms with Crippen LogP contribution in [0.25, 0.3) is 0 Å². The maximum Gasteiger partial charge on any atom is 0.224 e. The van der Waals surface area contributed by atoms with E-state index in [-0.39, 0.29) is 5.91 Å². The van der Waals surface area contributed by atoms with Crippen LogP contribution in [0.15, 0.2) is 48.5 Å². The third-order valence-corrected chi connectivity index (χ3v) is 3.24. The molecule has 0 heterocycles. The van der Waals surface area contributed by atoms with E-state index in [0.29, 0.717) is 36.6 Å². The lowest BCUT2D eigenvalue weighted by atomic mass is 10.2. The molecule has 5 heteroatoms. The zero-order chi connectivity index (χ0) is 16.5. The molecule has 0 fully saturated rings. The summed E-state index contributed by atoms with van der Waals surface area (Å²) < 4.78 is 15.9. The van der Waals surface area contributed by atoms with Gasteiger partial charge in [-0.25, -0.2) is 0 Å². The van der Waals surface area contributed by atoms with Gasteiger partial charge in [-0.3, -0.25) is 4.79 Å². The Morgan fingerprint density at radius 3 is 2.48 bits per heavy atom. The molecule has 122 valence electrons. The van der Waals surface area contributed by atoms with Crippen molar-refractivity contribution >= 4 is 11.6 Å². The van der Waals surface area contributed by atoms with Gasteiger partial charge in [0, 0.05) is 12.5 Å². The minimum absolute atomic E-state index is 0.0786. The van der Waals surface area contributed by atoms with Crippen LogP contribution < -0.4 is 19.5 Å². The first-order chi connectivity index (χ1) is 11.2. The summed E-state index contributed by atoms with van der Waals surface area (Å²) in [6.45, 7) is 0.497. The molecule has 23 heavy (non-hydrogen) atoms. The molecule has 0 aliphatic rings. The number of nitrogens with one attached hydrogen (secondary N) is 1. The molecule has 0 unspecified atom stereocenters. The van der Waals surface area contributed by atoms with E-state index in [2.05, 4.69) is 5.32 Å². The third-order valence-electron chi connectivity index (χ3n) is 3.24. The summed E-state index contributed by atoms with van der Waals surface area (Å²) >= 11 is 0. The van der Waals surface area contributed by atoms with Crippen LogP contribution in [0.4, 0.5) is 5.69 Å². The van der Waals surface area contributed by atoms with Crippen molar-refractivity contribution in [3.05, 3.63) is 48.5 Å². The minimum atomic E-state index is -0.0786. The van der Waals surface area contributed by atoms with Crippen LogP contribution in [0, 0.1) is 0 Å². The quantitative estimate of drug-likeness (QED) is 0.758. The van der Waals surface area contributed by atoms with Gasteiger partial charge in [-0.2, -0.15) is 0 Å². The van der Waals surface area contributed by atoms with Crippen molar-refractivity contribution in [2.45, 2.75) is 12.8 Å². The normalized spacial score (nSPS) is 10.0. The van der Waals surface area contributed by atoms with Gasteiger partial charge in [0.25, 0.3) is 0 Å². The highest BCUT2D eigenvalue weighted by Crippen LogP contribution is 2.29. The highest BCUT2D eigenvalue weighted by molar-refractivity contribution is 5.92. The summed E-state index contributed by atoms with van der Waals surface area (Å²) in [6.07, 6.45) is 1.02. The number of carbonyl (C=O) groups excluding carboxylic acids is 1.